The van der Waals surface area contributed by atoms with Crippen molar-refractivity contribution in [3.8, 4) is 0 Å². The molecule has 9 heteroatoms. The zero-order valence-corrected chi connectivity index (χ0v) is 16.6. The van der Waals surface area contributed by atoms with E-state index in [0.29, 0.717) is 21.2 Å². The highest BCUT2D eigenvalue weighted by Gasteiger charge is 2.33. The molecule has 3 rings (SSSR count). The lowest BCUT2D eigenvalue weighted by molar-refractivity contribution is -0.255. The van der Waals surface area contributed by atoms with Crippen molar-refractivity contribution in [2.75, 3.05) is 11.9 Å². The Balaban J connectivity index is 1.68. The average Bonchev–Trinajstić information content (AvgIpc) is 2.91. The maximum Gasteiger partial charge on any atom is 0.266 e. The predicted molar refractivity (Wildman–Crippen MR) is 111 cm³/mol. The Bertz CT molecular complexity index is 1010. The van der Waals surface area contributed by atoms with Gasteiger partial charge in [-0.05, 0) is 35.4 Å². The first-order valence-corrected chi connectivity index (χ1v) is 9.56. The molecule has 1 aliphatic heterocycles. The van der Waals surface area contributed by atoms with Crippen molar-refractivity contribution in [3.63, 3.8) is 0 Å². The van der Waals surface area contributed by atoms with Crippen molar-refractivity contribution in [3.05, 3.63) is 69.6 Å². The van der Waals surface area contributed by atoms with Gasteiger partial charge in [-0.25, -0.2) is 0 Å². The predicted octanol–water partition coefficient (Wildman–Crippen LogP) is 2.54. The molecule has 28 heavy (non-hydrogen) atoms. The van der Waals surface area contributed by atoms with Gasteiger partial charge in [0, 0.05) is 10.7 Å². The summed E-state index contributed by atoms with van der Waals surface area (Å²) in [6.07, 6.45) is 1.64. The molecule has 2 aromatic carbocycles. The highest BCUT2D eigenvalue weighted by Crippen LogP contribution is 2.33. The minimum Gasteiger partial charge on any atom is -0.545 e. The average molecular weight is 432 g/mol. The number of nitrogens with zero attached hydrogens (tertiary/aromatic N) is 1. The van der Waals surface area contributed by atoms with Crippen molar-refractivity contribution in [2.45, 2.75) is 0 Å². The number of benzene rings is 2. The molecule has 1 saturated heterocycles. The Morgan fingerprint density at radius 3 is 2.50 bits per heavy atom. The molecule has 0 saturated carbocycles. The molecule has 1 N–H and O–H groups in total. The number of halogens is 1. The van der Waals surface area contributed by atoms with Gasteiger partial charge in [0.25, 0.3) is 5.91 Å². The van der Waals surface area contributed by atoms with Crippen LogP contribution in [-0.4, -0.2) is 33.5 Å². The monoisotopic (exact) mass is 431 g/mol. The molecule has 142 valence electrons. The summed E-state index contributed by atoms with van der Waals surface area (Å²) in [5.74, 6) is -2.14. The van der Waals surface area contributed by atoms with Crippen LogP contribution in [0.15, 0.2) is 53.4 Å². The van der Waals surface area contributed by atoms with E-state index in [1.807, 2.05) is 0 Å². The summed E-state index contributed by atoms with van der Waals surface area (Å²) in [5.41, 5.74) is 1.08. The van der Waals surface area contributed by atoms with E-state index >= 15 is 0 Å². The molecule has 2 aromatic rings. The molecule has 0 unspecified atom stereocenters. The van der Waals surface area contributed by atoms with Crippen molar-refractivity contribution in [1.29, 1.82) is 0 Å². The number of carboxylic acids is 1. The van der Waals surface area contributed by atoms with Gasteiger partial charge in [-0.15, -0.1) is 0 Å². The van der Waals surface area contributed by atoms with Gasteiger partial charge in [-0.1, -0.05) is 65.9 Å². The lowest BCUT2D eigenvalue weighted by atomic mass is 10.2. The number of hydrogen-bond acceptors (Lipinski definition) is 6. The summed E-state index contributed by atoms with van der Waals surface area (Å²) in [5, 5.41) is 13.8. The van der Waals surface area contributed by atoms with Crippen LogP contribution in [0.5, 0.6) is 0 Å². The van der Waals surface area contributed by atoms with Crippen molar-refractivity contribution < 1.29 is 19.5 Å². The van der Waals surface area contributed by atoms with Crippen molar-refractivity contribution in [1.82, 2.24) is 4.90 Å². The largest absolute Gasteiger partial charge is 0.545 e. The molecule has 1 heterocycles. The number of carbonyl (C=O) groups excluding carboxylic acids is 3. The number of anilines is 1. The van der Waals surface area contributed by atoms with E-state index in [-0.39, 0.29) is 22.3 Å². The molecule has 0 atom stereocenters. The molecule has 0 spiro atoms. The lowest BCUT2D eigenvalue weighted by Crippen LogP contribution is -2.36. The Labute approximate surface area is 175 Å². The van der Waals surface area contributed by atoms with Crippen LogP contribution >= 0.6 is 35.6 Å². The number of aromatic carboxylic acids is 1. The first kappa shape index (κ1) is 20.1. The number of carboxylic acid groups (broad SMARTS) is 1. The summed E-state index contributed by atoms with van der Waals surface area (Å²) in [7, 11) is 0. The summed E-state index contributed by atoms with van der Waals surface area (Å²) in [4.78, 5) is 37.2. The van der Waals surface area contributed by atoms with E-state index in [1.165, 1.54) is 29.2 Å². The molecule has 1 fully saturated rings. The molecule has 0 aliphatic carbocycles. The van der Waals surface area contributed by atoms with Gasteiger partial charge in [0.05, 0.1) is 10.9 Å². The molecular formula is C19H12ClN2O4S2-. The van der Waals surface area contributed by atoms with Crippen LogP contribution in [0.2, 0.25) is 5.02 Å². The third-order valence-corrected chi connectivity index (χ3v) is 5.49. The Kier molecular flexibility index (Phi) is 6.13. The van der Waals surface area contributed by atoms with E-state index in [4.69, 9.17) is 23.8 Å². The number of carbonyl (C=O) groups is 3. The molecule has 1 aliphatic rings. The van der Waals surface area contributed by atoms with Gasteiger partial charge in [0.1, 0.15) is 10.9 Å². The topological polar surface area (TPSA) is 89.5 Å². The Morgan fingerprint density at radius 1 is 1.18 bits per heavy atom. The Hall–Kier alpha value is -2.68. The Morgan fingerprint density at radius 2 is 1.86 bits per heavy atom. The molecule has 2 amide bonds. The summed E-state index contributed by atoms with van der Waals surface area (Å²) in [6.45, 7) is -0.257. The fourth-order valence-corrected chi connectivity index (χ4v) is 3.84. The molecule has 6 nitrogen and oxygen atoms in total. The second-order valence-corrected chi connectivity index (χ2v) is 7.79. The van der Waals surface area contributed by atoms with Crippen LogP contribution in [0, 0.1) is 0 Å². The molecule has 0 radical (unpaired) electrons. The van der Waals surface area contributed by atoms with E-state index < -0.39 is 11.9 Å². The van der Waals surface area contributed by atoms with E-state index in [2.05, 4.69) is 5.32 Å². The number of hydrogen-bond donors (Lipinski definition) is 1. The summed E-state index contributed by atoms with van der Waals surface area (Å²) in [6, 6.07) is 12.6. The maximum absolute atomic E-state index is 12.6. The van der Waals surface area contributed by atoms with E-state index in [1.54, 1.807) is 30.3 Å². The normalized spacial score (nSPS) is 15.2. The van der Waals surface area contributed by atoms with Gasteiger partial charge in [-0.2, -0.15) is 0 Å². The minimum absolute atomic E-state index is 0.000325. The lowest BCUT2D eigenvalue weighted by Gasteiger charge is -2.14. The van der Waals surface area contributed by atoms with Gasteiger partial charge >= 0.3 is 0 Å². The summed E-state index contributed by atoms with van der Waals surface area (Å²) >= 11 is 12.4. The van der Waals surface area contributed by atoms with Gasteiger partial charge in [0.15, 0.2) is 0 Å². The van der Waals surface area contributed by atoms with E-state index in [0.717, 1.165) is 11.8 Å². The van der Waals surface area contributed by atoms with Crippen LogP contribution in [0.3, 0.4) is 0 Å². The highest BCUT2D eigenvalue weighted by molar-refractivity contribution is 8.26. The van der Waals surface area contributed by atoms with Gasteiger partial charge < -0.3 is 15.2 Å². The van der Waals surface area contributed by atoms with Gasteiger partial charge in [-0.3, -0.25) is 14.5 Å². The fraction of sp³-hybridized carbons (Fsp3) is 0.0526. The third-order valence-electron chi connectivity index (χ3n) is 3.77. The quantitative estimate of drug-likeness (QED) is 0.578. The number of rotatable bonds is 5. The second-order valence-electron chi connectivity index (χ2n) is 5.70. The fourth-order valence-electron chi connectivity index (χ4n) is 2.40. The molecular weight excluding hydrogens is 420 g/mol. The number of nitrogens with one attached hydrogen (secondary N) is 1. The molecule has 0 bridgehead atoms. The number of amides is 2. The second kappa shape index (κ2) is 8.55. The van der Waals surface area contributed by atoms with Crippen LogP contribution in [0.25, 0.3) is 6.08 Å². The van der Waals surface area contributed by atoms with Crippen molar-refractivity contribution >= 4 is 69.4 Å². The first-order valence-electron chi connectivity index (χ1n) is 7.96. The zero-order valence-electron chi connectivity index (χ0n) is 14.2. The number of thiocarbonyl (C=S) groups is 1. The van der Waals surface area contributed by atoms with Crippen LogP contribution in [0.1, 0.15) is 15.9 Å². The zero-order chi connectivity index (χ0) is 20.3. The SMILES string of the molecule is O=C(CN1C(=O)/C(=C/c2ccccc2Cl)SC1=S)Nc1ccc(C(=O)[O-])cc1. The standard InChI is InChI=1S/C19H13ClN2O4S2/c20-14-4-2-1-3-12(14)9-15-17(24)22(19(27)28-15)10-16(23)21-13-7-5-11(6-8-13)18(25)26/h1-9H,10H2,(H,21,23)(H,25,26)/p-1/b15-9-. The first-order chi connectivity index (χ1) is 13.3. The van der Waals surface area contributed by atoms with E-state index in [9.17, 15) is 19.5 Å². The smallest absolute Gasteiger partial charge is 0.266 e. The third kappa shape index (κ3) is 4.59. The summed E-state index contributed by atoms with van der Waals surface area (Å²) < 4.78 is 0.269. The van der Waals surface area contributed by atoms with Crippen LogP contribution < -0.4 is 10.4 Å². The molecule has 0 aromatic heterocycles. The van der Waals surface area contributed by atoms with Gasteiger partial charge in [0.2, 0.25) is 5.91 Å². The number of thioether (sulfide) groups is 1. The van der Waals surface area contributed by atoms with Crippen molar-refractivity contribution in [2.24, 2.45) is 0 Å². The minimum atomic E-state index is -1.30. The van der Waals surface area contributed by atoms with Crippen LogP contribution in [0.4, 0.5) is 5.69 Å². The highest BCUT2D eigenvalue weighted by atomic mass is 35.5. The van der Waals surface area contributed by atoms with Crippen LogP contribution in [-0.2, 0) is 9.59 Å². The maximum atomic E-state index is 12.6.